The summed E-state index contributed by atoms with van der Waals surface area (Å²) in [5.74, 6) is -1.69. The zero-order valence-corrected chi connectivity index (χ0v) is 13.7. The number of nitrogens with one attached hydrogen (secondary N) is 1. The summed E-state index contributed by atoms with van der Waals surface area (Å²) in [6.45, 7) is 2.41. The standard InChI is InChI=1S/C15H16F6N2O3/c1-3-26-13(25)11(23-7(2)24)6-8-4-9(14(16,17)18)12(22)10(5-8)15(19,20)21/h4-5,11H,3,6,22H2,1-2H3,(H,23,24)/t11-/m1/s1. The van der Waals surface area contributed by atoms with Crippen LogP contribution in [0.15, 0.2) is 12.1 Å². The van der Waals surface area contributed by atoms with E-state index >= 15 is 0 Å². The molecule has 1 amide bonds. The molecule has 5 nitrogen and oxygen atoms in total. The molecule has 0 saturated heterocycles. The van der Waals surface area contributed by atoms with Gasteiger partial charge in [0.25, 0.3) is 0 Å². The molecule has 0 aliphatic rings. The molecule has 3 N–H and O–H groups in total. The molecule has 146 valence electrons. The average molecular weight is 386 g/mol. The van der Waals surface area contributed by atoms with Crippen molar-refractivity contribution in [1.82, 2.24) is 5.32 Å². The molecule has 1 aromatic rings. The maximum Gasteiger partial charge on any atom is 0.418 e. The Morgan fingerprint density at radius 1 is 1.12 bits per heavy atom. The van der Waals surface area contributed by atoms with Gasteiger partial charge in [0.1, 0.15) is 6.04 Å². The van der Waals surface area contributed by atoms with E-state index < -0.39 is 59.1 Å². The molecule has 11 heteroatoms. The van der Waals surface area contributed by atoms with Crippen LogP contribution in [-0.2, 0) is 33.1 Å². The first-order chi connectivity index (χ1) is 11.8. The fourth-order valence-electron chi connectivity index (χ4n) is 2.22. The number of hydrogen-bond donors (Lipinski definition) is 2. The smallest absolute Gasteiger partial charge is 0.418 e. The van der Waals surface area contributed by atoms with Gasteiger partial charge in [0, 0.05) is 13.3 Å². The van der Waals surface area contributed by atoms with Gasteiger partial charge < -0.3 is 15.8 Å². The van der Waals surface area contributed by atoms with Crippen LogP contribution < -0.4 is 11.1 Å². The van der Waals surface area contributed by atoms with E-state index in [2.05, 4.69) is 10.1 Å². The van der Waals surface area contributed by atoms with Crippen LogP contribution in [0.4, 0.5) is 32.0 Å². The normalized spacial score (nSPS) is 13.2. The van der Waals surface area contributed by atoms with Crippen molar-refractivity contribution in [2.75, 3.05) is 12.3 Å². The third kappa shape index (κ3) is 5.53. The third-order valence-corrected chi connectivity index (χ3v) is 3.24. The van der Waals surface area contributed by atoms with Gasteiger partial charge in [-0.1, -0.05) is 0 Å². The first-order valence-electron chi connectivity index (χ1n) is 7.27. The molecule has 26 heavy (non-hydrogen) atoms. The van der Waals surface area contributed by atoms with E-state index in [1.165, 1.54) is 6.92 Å². The second-order valence-electron chi connectivity index (χ2n) is 5.31. The van der Waals surface area contributed by atoms with E-state index in [9.17, 15) is 35.9 Å². The molecule has 0 heterocycles. The van der Waals surface area contributed by atoms with Gasteiger partial charge in [-0.15, -0.1) is 0 Å². The summed E-state index contributed by atoms with van der Waals surface area (Å²) in [5, 5.41) is 2.14. The van der Waals surface area contributed by atoms with Gasteiger partial charge in [0.2, 0.25) is 5.91 Å². The van der Waals surface area contributed by atoms with Gasteiger partial charge in [0.15, 0.2) is 0 Å². The van der Waals surface area contributed by atoms with Gasteiger partial charge in [0.05, 0.1) is 23.4 Å². The van der Waals surface area contributed by atoms with E-state index in [-0.39, 0.29) is 6.61 Å². The first kappa shape index (κ1) is 21.6. The molecule has 0 saturated carbocycles. The first-order valence-corrected chi connectivity index (χ1v) is 7.27. The highest BCUT2D eigenvalue weighted by molar-refractivity contribution is 5.83. The summed E-state index contributed by atoms with van der Waals surface area (Å²) in [5.41, 5.74) is -0.243. The summed E-state index contributed by atoms with van der Waals surface area (Å²) in [4.78, 5) is 23.0. The summed E-state index contributed by atoms with van der Waals surface area (Å²) in [7, 11) is 0. The van der Waals surface area contributed by atoms with Crippen LogP contribution >= 0.6 is 0 Å². The number of nitrogens with two attached hydrogens (primary N) is 1. The minimum atomic E-state index is -5.13. The number of halogens is 6. The molecule has 0 fully saturated rings. The van der Waals surface area contributed by atoms with Gasteiger partial charge in [-0.25, -0.2) is 4.79 Å². The van der Waals surface area contributed by atoms with Crippen LogP contribution in [0.3, 0.4) is 0 Å². The number of anilines is 1. The number of ether oxygens (including phenoxy) is 1. The van der Waals surface area contributed by atoms with Crippen LogP contribution in [0.5, 0.6) is 0 Å². The molecule has 0 aliphatic carbocycles. The number of benzene rings is 1. The molecule has 0 aliphatic heterocycles. The molecular formula is C15H16F6N2O3. The maximum atomic E-state index is 13.0. The number of carbonyl (C=O) groups is 2. The number of alkyl halides is 6. The molecule has 1 rings (SSSR count). The summed E-state index contributed by atoms with van der Waals surface area (Å²) in [6, 6.07) is -0.615. The van der Waals surface area contributed by atoms with Crippen molar-refractivity contribution in [2.45, 2.75) is 38.7 Å². The fourth-order valence-corrected chi connectivity index (χ4v) is 2.22. The van der Waals surface area contributed by atoms with Gasteiger partial charge in [-0.05, 0) is 24.6 Å². The highest BCUT2D eigenvalue weighted by Crippen LogP contribution is 2.42. The summed E-state index contributed by atoms with van der Waals surface area (Å²) < 4.78 is 82.8. The lowest BCUT2D eigenvalue weighted by atomic mass is 9.97. The monoisotopic (exact) mass is 386 g/mol. The molecule has 0 unspecified atom stereocenters. The van der Waals surface area contributed by atoms with Gasteiger partial charge in [-0.3, -0.25) is 4.79 Å². The van der Waals surface area contributed by atoms with E-state index in [1.54, 1.807) is 0 Å². The van der Waals surface area contributed by atoms with Crippen LogP contribution in [0.25, 0.3) is 0 Å². The minimum absolute atomic E-state index is 0.0851. The number of rotatable bonds is 5. The lowest BCUT2D eigenvalue weighted by molar-refractivity contribution is -0.147. The molecular weight excluding hydrogens is 370 g/mol. The predicted octanol–water partition coefficient (Wildman–Crippen LogP) is 2.92. The minimum Gasteiger partial charge on any atom is -0.464 e. The fraction of sp³-hybridized carbons (Fsp3) is 0.467. The van der Waals surface area contributed by atoms with E-state index in [0.29, 0.717) is 12.1 Å². The number of amides is 1. The predicted molar refractivity (Wildman–Crippen MR) is 78.8 cm³/mol. The second-order valence-corrected chi connectivity index (χ2v) is 5.31. The number of carbonyl (C=O) groups excluding carboxylic acids is 2. The van der Waals surface area contributed by atoms with Gasteiger partial charge >= 0.3 is 18.3 Å². The van der Waals surface area contributed by atoms with E-state index in [1.807, 2.05) is 0 Å². The SMILES string of the molecule is CCOC(=O)[C@@H](Cc1cc(C(F)(F)F)c(N)c(C(F)(F)F)c1)NC(C)=O. The highest BCUT2D eigenvalue weighted by Gasteiger charge is 2.41. The Kier molecular flexibility index (Phi) is 6.50. The van der Waals surface area contributed by atoms with Gasteiger partial charge in [-0.2, -0.15) is 26.3 Å². The van der Waals surface area contributed by atoms with Crippen molar-refractivity contribution in [3.05, 3.63) is 28.8 Å². The van der Waals surface area contributed by atoms with Crippen molar-refractivity contribution in [2.24, 2.45) is 0 Å². The second kappa shape index (κ2) is 7.83. The molecule has 0 bridgehead atoms. The Balaban J connectivity index is 3.41. The van der Waals surface area contributed by atoms with E-state index in [4.69, 9.17) is 5.73 Å². The quantitative estimate of drug-likeness (QED) is 0.463. The lowest BCUT2D eigenvalue weighted by Crippen LogP contribution is -2.42. The molecule has 0 radical (unpaired) electrons. The average Bonchev–Trinajstić information content (AvgIpc) is 2.45. The Morgan fingerprint density at radius 3 is 1.92 bits per heavy atom. The van der Waals surface area contributed by atoms with E-state index in [0.717, 1.165) is 6.92 Å². The summed E-state index contributed by atoms with van der Waals surface area (Å²) in [6.07, 6.45) is -10.9. The van der Waals surface area contributed by atoms with Crippen molar-refractivity contribution in [3.63, 3.8) is 0 Å². The molecule has 0 spiro atoms. The number of esters is 1. The summed E-state index contributed by atoms with van der Waals surface area (Å²) >= 11 is 0. The largest absolute Gasteiger partial charge is 0.464 e. The molecule has 1 atom stereocenters. The number of nitrogen functional groups attached to an aromatic ring is 1. The number of hydrogen-bond acceptors (Lipinski definition) is 4. The Bertz CT molecular complexity index is 650. The molecule has 0 aromatic heterocycles. The van der Waals surface area contributed by atoms with Crippen molar-refractivity contribution in [3.8, 4) is 0 Å². The zero-order chi connectivity index (χ0) is 20.3. The van der Waals surface area contributed by atoms with Crippen molar-refractivity contribution >= 4 is 17.6 Å². The maximum absolute atomic E-state index is 13.0. The zero-order valence-electron chi connectivity index (χ0n) is 13.7. The van der Waals surface area contributed by atoms with Crippen LogP contribution in [0.2, 0.25) is 0 Å². The third-order valence-electron chi connectivity index (χ3n) is 3.24. The van der Waals surface area contributed by atoms with Crippen LogP contribution in [0, 0.1) is 0 Å². The van der Waals surface area contributed by atoms with Crippen LogP contribution in [-0.4, -0.2) is 24.5 Å². The topological polar surface area (TPSA) is 81.4 Å². The van der Waals surface area contributed by atoms with Crippen molar-refractivity contribution in [1.29, 1.82) is 0 Å². The van der Waals surface area contributed by atoms with Crippen LogP contribution in [0.1, 0.15) is 30.5 Å². The van der Waals surface area contributed by atoms with Crippen molar-refractivity contribution < 1.29 is 40.7 Å². The lowest BCUT2D eigenvalue weighted by Gasteiger charge is -2.20. The highest BCUT2D eigenvalue weighted by atomic mass is 19.4. The molecule has 1 aromatic carbocycles. The Morgan fingerprint density at radius 2 is 1.58 bits per heavy atom. The Hall–Kier alpha value is -2.46. The Labute approximate surface area is 144 Å².